The first-order valence-corrected chi connectivity index (χ1v) is 14.4. The molecule has 1 aromatic heterocycles. The van der Waals surface area contributed by atoms with Crippen molar-refractivity contribution in [2.75, 3.05) is 15.6 Å². The van der Waals surface area contributed by atoms with Crippen molar-refractivity contribution in [3.63, 3.8) is 0 Å². The number of carbonyl (C=O) groups is 3. The van der Waals surface area contributed by atoms with Gasteiger partial charge in [-0.1, -0.05) is 66.2 Å². The summed E-state index contributed by atoms with van der Waals surface area (Å²) in [4.78, 5) is 44.4. The van der Waals surface area contributed by atoms with Crippen LogP contribution in [0, 0.1) is 0 Å². The minimum Gasteiger partial charge on any atom is -0.346 e. The summed E-state index contributed by atoms with van der Waals surface area (Å²) in [6.45, 7) is 0.712. The maximum atomic E-state index is 13.8. The van der Waals surface area contributed by atoms with Gasteiger partial charge in [-0.25, -0.2) is 14.6 Å². The molecular formula is C33H24ClN3O3S. The second kappa shape index (κ2) is 11.5. The van der Waals surface area contributed by atoms with Crippen molar-refractivity contribution in [3.8, 4) is 0 Å². The molecule has 202 valence electrons. The number of hydrogen-bond donors (Lipinski definition) is 0. The summed E-state index contributed by atoms with van der Waals surface area (Å²) in [7, 11) is 0. The first-order chi connectivity index (χ1) is 20.0. The quantitative estimate of drug-likeness (QED) is 0.113. The van der Waals surface area contributed by atoms with E-state index >= 15 is 0 Å². The molecule has 41 heavy (non-hydrogen) atoms. The van der Waals surface area contributed by atoms with Crippen LogP contribution in [-0.2, 0) is 16.1 Å². The first-order valence-electron chi connectivity index (χ1n) is 13.0. The van der Waals surface area contributed by atoms with Crippen LogP contribution in [0.5, 0.6) is 0 Å². The van der Waals surface area contributed by atoms with Crippen molar-refractivity contribution >= 4 is 69.6 Å². The van der Waals surface area contributed by atoms with Crippen molar-refractivity contribution in [2.24, 2.45) is 0 Å². The molecule has 1 saturated heterocycles. The van der Waals surface area contributed by atoms with E-state index in [2.05, 4.69) is 4.57 Å². The van der Waals surface area contributed by atoms with E-state index in [-0.39, 0.29) is 5.57 Å². The average molecular weight is 578 g/mol. The van der Waals surface area contributed by atoms with Gasteiger partial charge >= 0.3 is 6.03 Å². The zero-order chi connectivity index (χ0) is 28.3. The van der Waals surface area contributed by atoms with Gasteiger partial charge in [-0.05, 0) is 60.7 Å². The third kappa shape index (κ3) is 5.29. The Bertz CT molecular complexity index is 1720. The molecule has 4 amide bonds. The fourth-order valence-electron chi connectivity index (χ4n) is 4.86. The second-order valence-corrected chi connectivity index (χ2v) is 11.0. The molecule has 0 saturated carbocycles. The molecule has 0 N–H and O–H groups in total. The lowest BCUT2D eigenvalue weighted by Gasteiger charge is -2.33. The number of halogens is 1. The zero-order valence-corrected chi connectivity index (χ0v) is 23.4. The molecule has 0 aliphatic carbocycles. The van der Waals surface area contributed by atoms with Gasteiger partial charge in [0.1, 0.15) is 5.57 Å². The molecule has 1 aliphatic rings. The summed E-state index contributed by atoms with van der Waals surface area (Å²) < 4.78 is 2.12. The lowest BCUT2D eigenvalue weighted by Crippen LogP contribution is -2.57. The predicted octanol–water partition coefficient (Wildman–Crippen LogP) is 7.67. The molecule has 0 bridgehead atoms. The third-order valence-corrected chi connectivity index (χ3v) is 8.06. The van der Waals surface area contributed by atoms with Crippen LogP contribution in [0.2, 0.25) is 5.02 Å². The van der Waals surface area contributed by atoms with E-state index in [1.54, 1.807) is 78.5 Å². The Hall–Kier alpha value is -4.59. The average Bonchev–Trinajstić information content (AvgIpc) is 3.35. The summed E-state index contributed by atoms with van der Waals surface area (Å²) in [6.07, 6.45) is 3.56. The fraction of sp³-hybridized carbons (Fsp3) is 0.0606. The number of aryl methyl sites for hydroxylation is 1. The van der Waals surface area contributed by atoms with E-state index in [1.807, 2.05) is 54.7 Å². The van der Waals surface area contributed by atoms with E-state index < -0.39 is 17.8 Å². The zero-order valence-electron chi connectivity index (χ0n) is 21.8. The summed E-state index contributed by atoms with van der Waals surface area (Å²) in [5.41, 5.74) is 2.41. The van der Waals surface area contributed by atoms with Crippen molar-refractivity contribution in [2.45, 2.75) is 11.4 Å². The van der Waals surface area contributed by atoms with E-state index in [0.717, 1.165) is 36.9 Å². The van der Waals surface area contributed by atoms with Gasteiger partial charge in [0.2, 0.25) is 0 Å². The number of anilines is 2. The van der Waals surface area contributed by atoms with E-state index in [4.69, 9.17) is 11.6 Å². The molecule has 8 heteroatoms. The van der Waals surface area contributed by atoms with Gasteiger partial charge in [0.25, 0.3) is 11.8 Å². The Morgan fingerprint density at radius 2 is 1.24 bits per heavy atom. The van der Waals surface area contributed by atoms with Crippen LogP contribution in [-0.4, -0.2) is 28.2 Å². The normalized spacial score (nSPS) is 13.8. The van der Waals surface area contributed by atoms with Gasteiger partial charge in [0.15, 0.2) is 0 Å². The number of rotatable bonds is 7. The van der Waals surface area contributed by atoms with Crippen LogP contribution in [0.25, 0.3) is 17.0 Å². The molecule has 5 aromatic rings. The number of para-hydroxylation sites is 3. The van der Waals surface area contributed by atoms with E-state index in [0.29, 0.717) is 22.9 Å². The van der Waals surface area contributed by atoms with Crippen molar-refractivity contribution in [1.82, 2.24) is 4.57 Å². The van der Waals surface area contributed by atoms with Gasteiger partial charge in [-0.3, -0.25) is 9.59 Å². The second-order valence-electron chi connectivity index (χ2n) is 9.39. The predicted molar refractivity (Wildman–Crippen MR) is 165 cm³/mol. The van der Waals surface area contributed by atoms with Gasteiger partial charge in [0, 0.05) is 44.9 Å². The topological polar surface area (TPSA) is 62.6 Å². The number of urea groups is 1. The number of aromatic nitrogens is 1. The smallest absolute Gasteiger partial charge is 0.343 e. The summed E-state index contributed by atoms with van der Waals surface area (Å²) in [5.74, 6) is -0.506. The van der Waals surface area contributed by atoms with Crippen LogP contribution in [0.1, 0.15) is 5.56 Å². The van der Waals surface area contributed by atoms with Crippen LogP contribution < -0.4 is 9.80 Å². The minimum atomic E-state index is -0.712. The van der Waals surface area contributed by atoms with Crippen LogP contribution >= 0.6 is 23.4 Å². The van der Waals surface area contributed by atoms with E-state index in [1.165, 1.54) is 0 Å². The number of fused-ring (bicyclic) bond motifs is 1. The lowest BCUT2D eigenvalue weighted by molar-refractivity contribution is -0.121. The molecule has 2 heterocycles. The molecule has 1 aliphatic heterocycles. The highest BCUT2D eigenvalue weighted by Gasteiger charge is 2.43. The van der Waals surface area contributed by atoms with Gasteiger partial charge in [-0.2, -0.15) is 0 Å². The van der Waals surface area contributed by atoms with Crippen LogP contribution in [0.3, 0.4) is 0 Å². The fourth-order valence-corrected chi connectivity index (χ4v) is 5.84. The highest BCUT2D eigenvalue weighted by Crippen LogP contribution is 2.31. The Morgan fingerprint density at radius 1 is 0.683 bits per heavy atom. The molecule has 0 radical (unpaired) electrons. The maximum absolute atomic E-state index is 13.8. The van der Waals surface area contributed by atoms with E-state index in [9.17, 15) is 14.4 Å². The SMILES string of the molecule is O=C1C(=Cc2cn(CCSc3ccc(Cl)cc3)c3ccccc23)C(=O)N(c2ccccc2)C(=O)N1c1ccccc1. The van der Waals surface area contributed by atoms with Crippen LogP contribution in [0.15, 0.2) is 126 Å². The third-order valence-electron chi connectivity index (χ3n) is 6.81. The Kier molecular flexibility index (Phi) is 7.46. The number of imide groups is 2. The van der Waals surface area contributed by atoms with Gasteiger partial charge < -0.3 is 4.57 Å². The number of barbiturate groups is 1. The van der Waals surface area contributed by atoms with Gasteiger partial charge in [0.05, 0.1) is 11.4 Å². The first kappa shape index (κ1) is 26.6. The van der Waals surface area contributed by atoms with Gasteiger partial charge in [-0.15, -0.1) is 11.8 Å². The molecule has 0 spiro atoms. The standard InChI is InChI=1S/C33H24ClN3O3S/c34-24-15-17-27(18-16-24)41-20-19-35-22-23(28-13-7-8-14-30(28)35)21-29-31(38)36(25-9-3-1-4-10-25)33(40)37(32(29)39)26-11-5-2-6-12-26/h1-18,21-22H,19-20H2. The highest BCUT2D eigenvalue weighted by atomic mass is 35.5. The number of nitrogens with zero attached hydrogens (tertiary/aromatic N) is 3. The summed E-state index contributed by atoms with van der Waals surface area (Å²) >= 11 is 7.73. The molecule has 1 fully saturated rings. The minimum absolute atomic E-state index is 0.0873. The molecular weight excluding hydrogens is 554 g/mol. The number of carbonyl (C=O) groups excluding carboxylic acids is 3. The Morgan fingerprint density at radius 3 is 1.85 bits per heavy atom. The largest absolute Gasteiger partial charge is 0.346 e. The lowest BCUT2D eigenvalue weighted by atomic mass is 10.0. The van der Waals surface area contributed by atoms with Crippen molar-refractivity contribution in [3.05, 3.63) is 132 Å². The monoisotopic (exact) mass is 577 g/mol. The number of hydrogen-bond acceptors (Lipinski definition) is 4. The molecule has 6 rings (SSSR count). The number of benzene rings is 4. The number of amides is 4. The Balaban J connectivity index is 1.38. The maximum Gasteiger partial charge on any atom is 0.343 e. The van der Waals surface area contributed by atoms with Crippen molar-refractivity contribution < 1.29 is 14.4 Å². The Labute approximate surface area is 246 Å². The summed E-state index contributed by atoms with van der Waals surface area (Å²) in [5, 5.41) is 1.61. The molecule has 0 unspecified atom stereocenters. The van der Waals surface area contributed by atoms with Crippen molar-refractivity contribution in [1.29, 1.82) is 0 Å². The highest BCUT2D eigenvalue weighted by molar-refractivity contribution is 7.99. The number of thioether (sulfide) groups is 1. The molecule has 6 nitrogen and oxygen atoms in total. The van der Waals surface area contributed by atoms with Crippen LogP contribution in [0.4, 0.5) is 16.2 Å². The summed E-state index contributed by atoms with van der Waals surface area (Å²) in [6, 6.07) is 32.2. The molecule has 4 aromatic carbocycles. The molecule has 0 atom stereocenters.